The monoisotopic (exact) mass is 753 g/mol. The van der Waals surface area contributed by atoms with Gasteiger partial charge in [0, 0.05) is 50.6 Å². The summed E-state index contributed by atoms with van der Waals surface area (Å²) in [4.78, 5) is 2.53. The Kier molecular flexibility index (Phi) is 7.37. The van der Waals surface area contributed by atoms with Crippen molar-refractivity contribution in [1.29, 1.82) is 0 Å². The van der Waals surface area contributed by atoms with E-state index in [2.05, 4.69) is 219 Å². The van der Waals surface area contributed by atoms with Gasteiger partial charge in [0.1, 0.15) is 11.2 Å². The fraction of sp³-hybridized carbons (Fsp3) is 0.0545. The molecule has 0 aliphatic carbocycles. The zero-order valence-electron chi connectivity index (χ0n) is 32.8. The minimum atomic E-state index is -0.214. The first-order chi connectivity index (χ1) is 29.0. The van der Waals surface area contributed by atoms with E-state index in [-0.39, 0.29) is 5.41 Å². The van der Waals surface area contributed by atoms with E-state index >= 15 is 0 Å². The van der Waals surface area contributed by atoms with E-state index in [0.717, 1.165) is 55.7 Å². The first kappa shape index (κ1) is 33.8. The number of furan rings is 1. The van der Waals surface area contributed by atoms with Crippen LogP contribution >= 0.6 is 0 Å². The summed E-state index contributed by atoms with van der Waals surface area (Å²) in [7, 11) is 2.43. The number of rotatable bonds is 5. The second kappa shape index (κ2) is 12.9. The maximum Gasteiger partial charge on any atom is 0.197 e. The third-order valence-corrected chi connectivity index (χ3v) is 12.6. The molecule has 0 amide bonds. The van der Waals surface area contributed by atoms with Crippen LogP contribution in [0.3, 0.4) is 0 Å². The molecule has 1 radical (unpaired) electrons. The first-order valence-electron chi connectivity index (χ1n) is 20.4. The molecule has 9 aromatic carbocycles. The van der Waals surface area contributed by atoms with E-state index in [0.29, 0.717) is 0 Å². The maximum absolute atomic E-state index is 6.89. The Morgan fingerprint density at radius 3 is 2.00 bits per heavy atom. The molecule has 0 saturated heterocycles. The quantitative estimate of drug-likeness (QED) is 0.177. The van der Waals surface area contributed by atoms with Crippen LogP contribution in [0.25, 0.3) is 66.1 Å². The van der Waals surface area contributed by atoms with Gasteiger partial charge in [-0.3, -0.25) is 0 Å². The molecule has 277 valence electrons. The molecule has 12 rings (SSSR count). The van der Waals surface area contributed by atoms with Crippen molar-refractivity contribution in [3.8, 4) is 33.4 Å². The molecule has 4 heteroatoms. The molecule has 0 atom stereocenters. The van der Waals surface area contributed by atoms with Crippen LogP contribution in [0.4, 0.5) is 28.4 Å². The third-order valence-electron chi connectivity index (χ3n) is 12.6. The molecule has 0 fully saturated rings. The summed E-state index contributed by atoms with van der Waals surface area (Å²) in [5.74, 6) is 0. The summed E-state index contributed by atoms with van der Waals surface area (Å²) in [6.07, 6.45) is 0. The number of benzene rings is 9. The van der Waals surface area contributed by atoms with Gasteiger partial charge in [0.05, 0.1) is 5.69 Å². The molecule has 3 heterocycles. The Morgan fingerprint density at radius 1 is 0.525 bits per heavy atom. The van der Waals surface area contributed by atoms with E-state index in [4.69, 9.17) is 4.42 Å². The average Bonchev–Trinajstić information content (AvgIpc) is 3.65. The summed E-state index contributed by atoms with van der Waals surface area (Å²) in [5, 5.41) is 8.61. The van der Waals surface area contributed by atoms with Crippen LogP contribution in [0.15, 0.2) is 192 Å². The SMILES string of the molecule is CC1(C)c2cc3ccccc3cc2N2c3cc4oc5ccccc5c4c(-c4cc(-c5ccccc5)ccc4Nc4cccc(-c5ccccc5)c4)c3[B]c3cccc1c32. The third kappa shape index (κ3) is 5.23. The van der Waals surface area contributed by atoms with Gasteiger partial charge in [0.25, 0.3) is 0 Å². The fourth-order valence-electron chi connectivity index (χ4n) is 9.75. The molecule has 0 spiro atoms. The Morgan fingerprint density at radius 2 is 1.20 bits per heavy atom. The van der Waals surface area contributed by atoms with Crippen molar-refractivity contribution in [3.05, 3.63) is 199 Å². The molecule has 3 nitrogen and oxygen atoms in total. The van der Waals surface area contributed by atoms with Crippen LogP contribution in [0.2, 0.25) is 0 Å². The smallest absolute Gasteiger partial charge is 0.197 e. The summed E-state index contributed by atoms with van der Waals surface area (Å²) in [6.45, 7) is 4.74. The number of fused-ring (bicyclic) bond motifs is 8. The normalized spacial score (nSPS) is 13.5. The van der Waals surface area contributed by atoms with E-state index in [9.17, 15) is 0 Å². The highest BCUT2D eigenvalue weighted by Gasteiger charge is 2.42. The molecule has 0 saturated carbocycles. The van der Waals surface area contributed by atoms with Crippen LogP contribution in [-0.2, 0) is 5.41 Å². The Balaban J connectivity index is 1.16. The first-order valence-corrected chi connectivity index (χ1v) is 20.4. The van der Waals surface area contributed by atoms with Crippen molar-refractivity contribution in [2.45, 2.75) is 19.3 Å². The molecule has 2 aliphatic heterocycles. The summed E-state index contributed by atoms with van der Waals surface area (Å²) in [5.41, 5.74) is 19.1. The van der Waals surface area contributed by atoms with Gasteiger partial charge in [-0.15, -0.1) is 0 Å². The Labute approximate surface area is 344 Å². The van der Waals surface area contributed by atoms with Gasteiger partial charge >= 0.3 is 0 Å². The molecule has 0 unspecified atom stereocenters. The highest BCUT2D eigenvalue weighted by molar-refractivity contribution is 6.74. The lowest BCUT2D eigenvalue weighted by Gasteiger charge is -2.46. The fourth-order valence-corrected chi connectivity index (χ4v) is 9.75. The van der Waals surface area contributed by atoms with Crippen LogP contribution in [0.5, 0.6) is 0 Å². The van der Waals surface area contributed by atoms with E-state index in [1.165, 1.54) is 60.9 Å². The van der Waals surface area contributed by atoms with Gasteiger partial charge in [-0.05, 0) is 97.6 Å². The molecule has 0 bridgehead atoms. The second-order valence-electron chi connectivity index (χ2n) is 16.4. The molecule has 2 aliphatic rings. The van der Waals surface area contributed by atoms with Gasteiger partial charge in [0.15, 0.2) is 7.28 Å². The number of nitrogens with zero attached hydrogens (tertiary/aromatic N) is 1. The summed E-state index contributed by atoms with van der Waals surface area (Å²) < 4.78 is 6.89. The maximum atomic E-state index is 6.89. The van der Waals surface area contributed by atoms with Gasteiger partial charge in [-0.1, -0.05) is 159 Å². The van der Waals surface area contributed by atoms with Crippen LogP contribution < -0.4 is 21.1 Å². The van der Waals surface area contributed by atoms with Gasteiger partial charge in [-0.25, -0.2) is 0 Å². The second-order valence-corrected chi connectivity index (χ2v) is 16.4. The Hall–Kier alpha value is -7.30. The van der Waals surface area contributed by atoms with Crippen molar-refractivity contribution < 1.29 is 4.42 Å². The number of para-hydroxylation sites is 2. The highest BCUT2D eigenvalue weighted by Crippen LogP contribution is 2.54. The molecule has 1 N–H and O–H groups in total. The lowest BCUT2D eigenvalue weighted by Crippen LogP contribution is -2.45. The standard InChI is InChI=1S/C55H38BN2O/c1-55(2)43-24-14-25-45-54(43)58(47-32-38-20-10-9-19-37(38)31-44(47)55)48-33-50-51(41-23-11-12-26-49(41)59-50)52(53(48)56-45)42-30-39(35-17-7-4-8-18-35)27-28-46(42)57-40-22-13-21-36(29-40)34-15-5-3-6-16-34/h3-33,57H,1-2H3. The van der Waals surface area contributed by atoms with E-state index < -0.39 is 0 Å². The van der Waals surface area contributed by atoms with Gasteiger partial charge in [0.2, 0.25) is 0 Å². The van der Waals surface area contributed by atoms with Crippen molar-refractivity contribution in [2.24, 2.45) is 0 Å². The minimum Gasteiger partial charge on any atom is -0.456 e. The molecule has 10 aromatic rings. The van der Waals surface area contributed by atoms with Crippen molar-refractivity contribution in [3.63, 3.8) is 0 Å². The topological polar surface area (TPSA) is 28.4 Å². The summed E-state index contributed by atoms with van der Waals surface area (Å²) in [6, 6.07) is 68.0. The minimum absolute atomic E-state index is 0.214. The van der Waals surface area contributed by atoms with E-state index in [1.807, 2.05) is 0 Å². The lowest BCUT2D eigenvalue weighted by molar-refractivity contribution is 0.633. The van der Waals surface area contributed by atoms with Crippen LogP contribution in [-0.4, -0.2) is 7.28 Å². The molecule has 59 heavy (non-hydrogen) atoms. The van der Waals surface area contributed by atoms with Crippen molar-refractivity contribution >= 4 is 79.4 Å². The van der Waals surface area contributed by atoms with Gasteiger partial charge in [-0.2, -0.15) is 0 Å². The number of hydrogen-bond donors (Lipinski definition) is 1. The molecular formula is C55H38BN2O. The number of nitrogens with one attached hydrogen (secondary N) is 1. The summed E-state index contributed by atoms with van der Waals surface area (Å²) >= 11 is 0. The Bertz CT molecular complexity index is 3310. The van der Waals surface area contributed by atoms with Crippen LogP contribution in [0.1, 0.15) is 25.0 Å². The van der Waals surface area contributed by atoms with E-state index in [1.54, 1.807) is 0 Å². The largest absolute Gasteiger partial charge is 0.456 e. The van der Waals surface area contributed by atoms with Crippen molar-refractivity contribution in [2.75, 3.05) is 10.2 Å². The molecule has 1 aromatic heterocycles. The lowest BCUT2D eigenvalue weighted by atomic mass is 9.55. The predicted octanol–water partition coefficient (Wildman–Crippen LogP) is 13.6. The zero-order chi connectivity index (χ0) is 39.2. The number of anilines is 5. The van der Waals surface area contributed by atoms with Gasteiger partial charge < -0.3 is 14.6 Å². The average molecular weight is 754 g/mol. The zero-order valence-corrected chi connectivity index (χ0v) is 32.8. The molecular weight excluding hydrogens is 715 g/mol. The van der Waals surface area contributed by atoms with Crippen molar-refractivity contribution in [1.82, 2.24) is 0 Å². The highest BCUT2D eigenvalue weighted by atomic mass is 16.3. The number of hydrogen-bond acceptors (Lipinski definition) is 3. The van der Waals surface area contributed by atoms with Crippen LogP contribution in [0, 0.1) is 0 Å². The predicted molar refractivity (Wildman–Crippen MR) is 249 cm³/mol.